The topological polar surface area (TPSA) is 46.5 Å². The molecule has 1 aromatic rings. The molecule has 0 saturated heterocycles. The van der Waals surface area contributed by atoms with Crippen LogP contribution in [0, 0.1) is 5.41 Å². The summed E-state index contributed by atoms with van der Waals surface area (Å²) >= 11 is 12.1. The molecule has 0 amide bonds. The molecule has 5 heteroatoms. The van der Waals surface area contributed by atoms with Crippen molar-refractivity contribution in [2.45, 2.75) is 33.3 Å². The molecular formula is C14H18Cl2O3. The Kier molecular flexibility index (Phi) is 4.88. The van der Waals surface area contributed by atoms with Gasteiger partial charge in [-0.2, -0.15) is 0 Å². The SMILES string of the molecule is CCOC(=O)C(C)(C)C(C)(O)c1cccc(Cl)c1Cl. The molecule has 1 N–H and O–H groups in total. The monoisotopic (exact) mass is 304 g/mol. The number of ether oxygens (including phenoxy) is 1. The number of hydrogen-bond acceptors (Lipinski definition) is 3. The number of esters is 1. The number of carbonyl (C=O) groups excluding carboxylic acids is 1. The number of carbonyl (C=O) groups is 1. The quantitative estimate of drug-likeness (QED) is 0.861. The van der Waals surface area contributed by atoms with Gasteiger partial charge in [0.1, 0.15) is 5.60 Å². The minimum absolute atomic E-state index is 0.242. The number of halogens is 2. The first kappa shape index (κ1) is 16.3. The molecule has 0 heterocycles. The molecule has 0 spiro atoms. The highest BCUT2D eigenvalue weighted by Crippen LogP contribution is 2.44. The van der Waals surface area contributed by atoms with Crippen molar-refractivity contribution >= 4 is 29.2 Å². The molecule has 0 bridgehead atoms. The zero-order valence-electron chi connectivity index (χ0n) is 11.5. The summed E-state index contributed by atoms with van der Waals surface area (Å²) < 4.78 is 5.01. The second-order valence-corrected chi connectivity index (χ2v) is 5.80. The Labute approximate surface area is 123 Å². The van der Waals surface area contributed by atoms with Gasteiger partial charge in [-0.15, -0.1) is 0 Å². The highest BCUT2D eigenvalue weighted by molar-refractivity contribution is 6.42. The number of hydrogen-bond donors (Lipinski definition) is 1. The molecule has 106 valence electrons. The third kappa shape index (κ3) is 2.88. The smallest absolute Gasteiger partial charge is 0.314 e. The third-order valence-electron chi connectivity index (χ3n) is 3.48. The van der Waals surface area contributed by atoms with E-state index in [1.165, 1.54) is 6.92 Å². The van der Waals surface area contributed by atoms with Crippen LogP contribution in [-0.4, -0.2) is 17.7 Å². The van der Waals surface area contributed by atoms with Crippen molar-refractivity contribution in [1.82, 2.24) is 0 Å². The van der Waals surface area contributed by atoms with Crippen LogP contribution in [0.1, 0.15) is 33.3 Å². The van der Waals surface area contributed by atoms with E-state index >= 15 is 0 Å². The van der Waals surface area contributed by atoms with Crippen LogP contribution in [-0.2, 0) is 15.1 Å². The average Bonchev–Trinajstić information content (AvgIpc) is 2.32. The summed E-state index contributed by atoms with van der Waals surface area (Å²) in [5.41, 5.74) is -2.25. The lowest BCUT2D eigenvalue weighted by Crippen LogP contribution is -2.46. The predicted molar refractivity (Wildman–Crippen MR) is 76.4 cm³/mol. The highest BCUT2D eigenvalue weighted by atomic mass is 35.5. The van der Waals surface area contributed by atoms with Crippen LogP contribution in [0.3, 0.4) is 0 Å². The Morgan fingerprint density at radius 1 is 1.32 bits per heavy atom. The van der Waals surface area contributed by atoms with Gasteiger partial charge in [-0.05, 0) is 33.8 Å². The Hall–Kier alpha value is -0.770. The van der Waals surface area contributed by atoms with Crippen molar-refractivity contribution in [2.75, 3.05) is 6.61 Å². The van der Waals surface area contributed by atoms with E-state index in [9.17, 15) is 9.90 Å². The fraction of sp³-hybridized carbons (Fsp3) is 0.500. The van der Waals surface area contributed by atoms with Crippen LogP contribution in [0.2, 0.25) is 10.0 Å². The van der Waals surface area contributed by atoms with Gasteiger partial charge in [0, 0.05) is 5.56 Å². The molecule has 3 nitrogen and oxygen atoms in total. The van der Waals surface area contributed by atoms with E-state index in [0.717, 1.165) is 0 Å². The van der Waals surface area contributed by atoms with Crippen LogP contribution in [0.4, 0.5) is 0 Å². The molecule has 19 heavy (non-hydrogen) atoms. The third-order valence-corrected chi connectivity index (χ3v) is 4.30. The molecule has 1 unspecified atom stereocenters. The van der Waals surface area contributed by atoms with Gasteiger partial charge in [-0.1, -0.05) is 35.3 Å². The highest BCUT2D eigenvalue weighted by Gasteiger charge is 2.48. The zero-order chi connectivity index (χ0) is 14.8. The van der Waals surface area contributed by atoms with Gasteiger partial charge >= 0.3 is 5.97 Å². The first-order valence-electron chi connectivity index (χ1n) is 6.00. The van der Waals surface area contributed by atoms with E-state index in [1.54, 1.807) is 39.0 Å². The molecule has 0 aliphatic heterocycles. The van der Waals surface area contributed by atoms with E-state index < -0.39 is 17.0 Å². The summed E-state index contributed by atoms with van der Waals surface area (Å²) in [6.45, 7) is 6.72. The van der Waals surface area contributed by atoms with E-state index in [2.05, 4.69) is 0 Å². The van der Waals surface area contributed by atoms with Gasteiger partial charge in [-0.3, -0.25) is 4.79 Å². The summed E-state index contributed by atoms with van der Waals surface area (Å²) in [7, 11) is 0. The lowest BCUT2D eigenvalue weighted by Gasteiger charge is -2.38. The van der Waals surface area contributed by atoms with Crippen LogP contribution in [0.5, 0.6) is 0 Å². The summed E-state index contributed by atoms with van der Waals surface area (Å²) in [5.74, 6) is -0.490. The Balaban J connectivity index is 3.29. The molecular weight excluding hydrogens is 287 g/mol. The van der Waals surface area contributed by atoms with Crippen molar-refractivity contribution < 1.29 is 14.6 Å². The lowest BCUT2D eigenvalue weighted by molar-refractivity contribution is -0.170. The molecule has 0 saturated carbocycles. The fourth-order valence-electron chi connectivity index (χ4n) is 1.73. The Bertz CT molecular complexity index is 482. The molecule has 0 radical (unpaired) electrons. The standard InChI is InChI=1S/C14H18Cl2O3/c1-5-19-12(17)13(2,3)14(4,18)9-7-6-8-10(15)11(9)16/h6-8,18H,5H2,1-4H3. The largest absolute Gasteiger partial charge is 0.465 e. The maximum atomic E-state index is 12.0. The number of aliphatic hydroxyl groups is 1. The number of rotatable bonds is 4. The van der Waals surface area contributed by atoms with Crippen LogP contribution in [0.15, 0.2) is 18.2 Å². The fourth-order valence-corrected chi connectivity index (χ4v) is 2.21. The molecule has 0 aliphatic carbocycles. The van der Waals surface area contributed by atoms with Crippen molar-refractivity contribution in [2.24, 2.45) is 5.41 Å². The summed E-state index contributed by atoms with van der Waals surface area (Å²) in [6.07, 6.45) is 0. The molecule has 1 aromatic carbocycles. The van der Waals surface area contributed by atoms with Crippen molar-refractivity contribution in [1.29, 1.82) is 0 Å². The van der Waals surface area contributed by atoms with Gasteiger partial charge in [0.15, 0.2) is 0 Å². The molecule has 1 atom stereocenters. The van der Waals surface area contributed by atoms with E-state index in [1.807, 2.05) is 0 Å². The van der Waals surface area contributed by atoms with Gasteiger partial charge in [0.2, 0.25) is 0 Å². The average molecular weight is 305 g/mol. The van der Waals surface area contributed by atoms with E-state index in [4.69, 9.17) is 27.9 Å². The lowest BCUT2D eigenvalue weighted by atomic mass is 9.72. The van der Waals surface area contributed by atoms with Crippen LogP contribution in [0.25, 0.3) is 0 Å². The maximum absolute atomic E-state index is 12.0. The minimum atomic E-state index is -1.50. The second-order valence-electron chi connectivity index (χ2n) is 5.02. The summed E-state index contributed by atoms with van der Waals surface area (Å²) in [5, 5.41) is 11.3. The van der Waals surface area contributed by atoms with Crippen LogP contribution < -0.4 is 0 Å². The first-order chi connectivity index (χ1) is 8.66. The van der Waals surface area contributed by atoms with E-state index in [0.29, 0.717) is 10.6 Å². The van der Waals surface area contributed by atoms with Crippen molar-refractivity contribution in [3.63, 3.8) is 0 Å². The molecule has 0 aromatic heterocycles. The first-order valence-corrected chi connectivity index (χ1v) is 6.76. The van der Waals surface area contributed by atoms with Gasteiger partial charge in [0.25, 0.3) is 0 Å². The maximum Gasteiger partial charge on any atom is 0.314 e. The van der Waals surface area contributed by atoms with Crippen molar-refractivity contribution in [3.8, 4) is 0 Å². The van der Waals surface area contributed by atoms with Gasteiger partial charge in [-0.25, -0.2) is 0 Å². The van der Waals surface area contributed by atoms with Gasteiger partial charge < -0.3 is 9.84 Å². The predicted octanol–water partition coefficient (Wildman–Crippen LogP) is 3.79. The normalized spacial score (nSPS) is 14.9. The minimum Gasteiger partial charge on any atom is -0.465 e. The summed E-state index contributed by atoms with van der Waals surface area (Å²) in [6, 6.07) is 4.95. The summed E-state index contributed by atoms with van der Waals surface area (Å²) in [4.78, 5) is 12.0. The molecule has 0 aliphatic rings. The Morgan fingerprint density at radius 2 is 1.89 bits per heavy atom. The van der Waals surface area contributed by atoms with Crippen LogP contribution >= 0.6 is 23.2 Å². The zero-order valence-corrected chi connectivity index (χ0v) is 13.0. The number of benzene rings is 1. The van der Waals surface area contributed by atoms with Gasteiger partial charge in [0.05, 0.1) is 22.1 Å². The van der Waals surface area contributed by atoms with Crippen molar-refractivity contribution in [3.05, 3.63) is 33.8 Å². The second kappa shape index (κ2) is 5.70. The molecule has 0 fully saturated rings. The Morgan fingerprint density at radius 3 is 2.42 bits per heavy atom. The molecule has 1 rings (SSSR count). The van der Waals surface area contributed by atoms with E-state index in [-0.39, 0.29) is 11.6 Å².